The van der Waals surface area contributed by atoms with Gasteiger partial charge in [-0.1, -0.05) is 0 Å². The van der Waals surface area contributed by atoms with Crippen molar-refractivity contribution in [1.29, 1.82) is 0 Å². The second-order valence-electron chi connectivity index (χ2n) is 3.22. The molecule has 11 heavy (non-hydrogen) atoms. The van der Waals surface area contributed by atoms with E-state index in [0.717, 1.165) is 39.5 Å². The molecule has 2 atom stereocenters. The van der Waals surface area contributed by atoms with Gasteiger partial charge in [0.2, 0.25) is 0 Å². The highest BCUT2D eigenvalue weighted by Gasteiger charge is 2.23. The Bertz CT molecular complexity index is 117. The first-order valence-electron chi connectivity index (χ1n) is 4.22. The van der Waals surface area contributed by atoms with Gasteiger partial charge in [-0.25, -0.2) is 0 Å². The molecule has 0 aliphatic carbocycles. The quantitative estimate of drug-likeness (QED) is 0.556. The summed E-state index contributed by atoms with van der Waals surface area (Å²) in [7, 11) is 0. The van der Waals surface area contributed by atoms with Crippen LogP contribution in [0.25, 0.3) is 0 Å². The second kappa shape index (κ2) is 3.52. The predicted octanol–water partition coefficient (Wildman–Crippen LogP) is 0.438. The van der Waals surface area contributed by atoms with Crippen molar-refractivity contribution in [3.05, 3.63) is 0 Å². The van der Waals surface area contributed by atoms with Gasteiger partial charge in [0.25, 0.3) is 0 Å². The molecule has 0 aromatic heterocycles. The van der Waals surface area contributed by atoms with E-state index in [1.807, 2.05) is 0 Å². The maximum Gasteiger partial charge on any atom is 0.104 e. The van der Waals surface area contributed by atoms with Crippen molar-refractivity contribution in [2.24, 2.45) is 5.92 Å². The summed E-state index contributed by atoms with van der Waals surface area (Å²) in [5, 5.41) is 0. The SMILES string of the molecule is C1CC(COC[C@H]2CO2)CO1. The summed E-state index contributed by atoms with van der Waals surface area (Å²) in [6, 6.07) is 0. The van der Waals surface area contributed by atoms with Gasteiger partial charge in [0.1, 0.15) is 6.10 Å². The molecule has 64 valence electrons. The molecule has 0 amide bonds. The summed E-state index contributed by atoms with van der Waals surface area (Å²) in [4.78, 5) is 0. The largest absolute Gasteiger partial charge is 0.381 e. The van der Waals surface area contributed by atoms with E-state index >= 15 is 0 Å². The highest BCUT2D eigenvalue weighted by atomic mass is 16.6. The third-order valence-corrected chi connectivity index (χ3v) is 2.08. The lowest BCUT2D eigenvalue weighted by molar-refractivity contribution is 0.0787. The van der Waals surface area contributed by atoms with Crippen LogP contribution in [0.4, 0.5) is 0 Å². The van der Waals surface area contributed by atoms with E-state index in [0.29, 0.717) is 12.0 Å². The van der Waals surface area contributed by atoms with Gasteiger partial charge in [0.05, 0.1) is 26.4 Å². The van der Waals surface area contributed by atoms with Crippen molar-refractivity contribution in [2.75, 3.05) is 33.0 Å². The van der Waals surface area contributed by atoms with Crippen LogP contribution in [0.1, 0.15) is 6.42 Å². The summed E-state index contributed by atoms with van der Waals surface area (Å²) in [5.74, 6) is 0.633. The van der Waals surface area contributed by atoms with Crippen molar-refractivity contribution in [3.63, 3.8) is 0 Å². The third-order valence-electron chi connectivity index (χ3n) is 2.08. The topological polar surface area (TPSA) is 31.0 Å². The molecule has 0 aromatic rings. The Morgan fingerprint density at radius 2 is 2.18 bits per heavy atom. The number of hydrogen-bond donors (Lipinski definition) is 0. The number of rotatable bonds is 4. The summed E-state index contributed by atoms with van der Waals surface area (Å²) < 4.78 is 15.7. The van der Waals surface area contributed by atoms with E-state index in [9.17, 15) is 0 Å². The van der Waals surface area contributed by atoms with Crippen LogP contribution < -0.4 is 0 Å². The average molecular weight is 158 g/mol. The summed E-state index contributed by atoms with van der Waals surface area (Å²) in [6.45, 7) is 4.30. The highest BCUT2D eigenvalue weighted by Crippen LogP contribution is 2.14. The molecule has 2 rings (SSSR count). The van der Waals surface area contributed by atoms with Gasteiger partial charge >= 0.3 is 0 Å². The number of epoxide rings is 1. The lowest BCUT2D eigenvalue weighted by Crippen LogP contribution is -2.12. The van der Waals surface area contributed by atoms with E-state index in [4.69, 9.17) is 14.2 Å². The van der Waals surface area contributed by atoms with Crippen LogP contribution in [0, 0.1) is 5.92 Å². The van der Waals surface area contributed by atoms with Crippen LogP contribution in [-0.4, -0.2) is 39.1 Å². The van der Waals surface area contributed by atoms with Crippen molar-refractivity contribution < 1.29 is 14.2 Å². The fraction of sp³-hybridized carbons (Fsp3) is 1.00. The van der Waals surface area contributed by atoms with Crippen molar-refractivity contribution in [2.45, 2.75) is 12.5 Å². The molecular weight excluding hydrogens is 144 g/mol. The van der Waals surface area contributed by atoms with Gasteiger partial charge in [-0.3, -0.25) is 0 Å². The van der Waals surface area contributed by atoms with Gasteiger partial charge in [-0.2, -0.15) is 0 Å². The maximum absolute atomic E-state index is 5.44. The van der Waals surface area contributed by atoms with Crippen LogP contribution in [0.5, 0.6) is 0 Å². The zero-order valence-electron chi connectivity index (χ0n) is 6.62. The van der Waals surface area contributed by atoms with Gasteiger partial charge < -0.3 is 14.2 Å². The lowest BCUT2D eigenvalue weighted by atomic mass is 10.1. The molecule has 2 aliphatic rings. The smallest absolute Gasteiger partial charge is 0.104 e. The number of ether oxygens (including phenoxy) is 3. The van der Waals surface area contributed by atoms with Gasteiger partial charge in [0.15, 0.2) is 0 Å². The average Bonchev–Trinajstić information content (AvgIpc) is 2.66. The van der Waals surface area contributed by atoms with Crippen LogP contribution in [0.15, 0.2) is 0 Å². The molecule has 2 saturated heterocycles. The highest BCUT2D eigenvalue weighted by molar-refractivity contribution is 4.68. The monoisotopic (exact) mass is 158 g/mol. The van der Waals surface area contributed by atoms with Crippen LogP contribution >= 0.6 is 0 Å². The molecule has 0 N–H and O–H groups in total. The standard InChI is InChI=1S/C8H14O3/c1-2-9-3-7(1)4-10-5-8-6-11-8/h7-8H,1-6H2/t7?,8-/m0/s1. The summed E-state index contributed by atoms with van der Waals surface area (Å²) >= 11 is 0. The molecule has 0 saturated carbocycles. The van der Waals surface area contributed by atoms with Gasteiger partial charge in [-0.15, -0.1) is 0 Å². The van der Waals surface area contributed by atoms with Gasteiger partial charge in [-0.05, 0) is 6.42 Å². The minimum atomic E-state index is 0.400. The Hall–Kier alpha value is -0.120. The van der Waals surface area contributed by atoms with E-state index < -0.39 is 0 Å². The Morgan fingerprint density at radius 1 is 1.27 bits per heavy atom. The molecule has 3 heteroatoms. The molecule has 1 unspecified atom stereocenters. The molecule has 3 nitrogen and oxygen atoms in total. The van der Waals surface area contributed by atoms with Crippen molar-refractivity contribution >= 4 is 0 Å². The van der Waals surface area contributed by atoms with E-state index in [-0.39, 0.29) is 0 Å². The molecule has 0 bridgehead atoms. The van der Waals surface area contributed by atoms with Crippen molar-refractivity contribution in [3.8, 4) is 0 Å². The minimum absolute atomic E-state index is 0.400. The first-order chi connectivity index (χ1) is 5.45. The molecule has 2 heterocycles. The Kier molecular flexibility index (Phi) is 2.41. The molecule has 2 aliphatic heterocycles. The van der Waals surface area contributed by atoms with E-state index in [1.165, 1.54) is 0 Å². The third kappa shape index (κ3) is 2.43. The molecular formula is C8H14O3. The zero-order chi connectivity index (χ0) is 7.52. The molecule has 0 aromatic carbocycles. The molecule has 0 spiro atoms. The summed E-state index contributed by atoms with van der Waals surface area (Å²) in [5.41, 5.74) is 0. The van der Waals surface area contributed by atoms with Gasteiger partial charge in [0, 0.05) is 12.5 Å². The van der Waals surface area contributed by atoms with E-state index in [2.05, 4.69) is 0 Å². The Balaban J connectivity index is 1.51. The van der Waals surface area contributed by atoms with Crippen LogP contribution in [-0.2, 0) is 14.2 Å². The normalized spacial score (nSPS) is 36.0. The Labute approximate surface area is 66.6 Å². The fourth-order valence-electron chi connectivity index (χ4n) is 1.25. The first-order valence-corrected chi connectivity index (χ1v) is 4.22. The molecule has 2 fully saturated rings. The second-order valence-corrected chi connectivity index (χ2v) is 3.22. The minimum Gasteiger partial charge on any atom is -0.381 e. The van der Waals surface area contributed by atoms with Crippen LogP contribution in [0.3, 0.4) is 0 Å². The lowest BCUT2D eigenvalue weighted by Gasteiger charge is -2.06. The van der Waals surface area contributed by atoms with Crippen molar-refractivity contribution in [1.82, 2.24) is 0 Å². The molecule has 0 radical (unpaired) electrons. The predicted molar refractivity (Wildman–Crippen MR) is 39.5 cm³/mol. The summed E-state index contributed by atoms with van der Waals surface area (Å²) in [6.07, 6.45) is 1.56. The Morgan fingerprint density at radius 3 is 2.82 bits per heavy atom. The fourth-order valence-corrected chi connectivity index (χ4v) is 1.25. The van der Waals surface area contributed by atoms with E-state index in [1.54, 1.807) is 0 Å². The first kappa shape index (κ1) is 7.53. The zero-order valence-corrected chi connectivity index (χ0v) is 6.62. The van der Waals surface area contributed by atoms with Crippen LogP contribution in [0.2, 0.25) is 0 Å². The maximum atomic E-state index is 5.44. The number of hydrogen-bond acceptors (Lipinski definition) is 3.